The van der Waals surface area contributed by atoms with E-state index in [2.05, 4.69) is 13.8 Å². The average molecular weight is 383 g/mol. The summed E-state index contributed by atoms with van der Waals surface area (Å²) in [6.45, 7) is 8.97. The monoisotopic (exact) mass is 383 g/mol. The Hall–Kier alpha value is -0.885. The van der Waals surface area contributed by atoms with Gasteiger partial charge in [-0.15, -0.1) is 0 Å². The zero-order chi connectivity index (χ0) is 19.6. The van der Waals surface area contributed by atoms with Crippen molar-refractivity contribution in [2.24, 2.45) is 23.2 Å². The van der Waals surface area contributed by atoms with Gasteiger partial charge in [0.2, 0.25) is 0 Å². The molecule has 6 unspecified atom stereocenters. The normalized spacial score (nSPS) is 49.4. The molecular formula is C19H28BF2NO4. The van der Waals surface area contributed by atoms with E-state index in [1.165, 1.54) is 0 Å². The Balaban J connectivity index is 1.39. The molecule has 150 valence electrons. The third-order valence-corrected chi connectivity index (χ3v) is 7.95. The van der Waals surface area contributed by atoms with E-state index in [-0.39, 0.29) is 17.1 Å². The molecule has 0 radical (unpaired) electrons. The molecule has 3 saturated carbocycles. The minimum atomic E-state index is -2.96. The van der Waals surface area contributed by atoms with E-state index in [0.717, 1.165) is 17.7 Å². The molecule has 2 saturated heterocycles. The zero-order valence-corrected chi connectivity index (χ0v) is 16.6. The number of carbonyl (C=O) groups excluding carboxylic acids is 1. The Morgan fingerprint density at radius 2 is 1.96 bits per heavy atom. The van der Waals surface area contributed by atoms with Crippen molar-refractivity contribution < 1.29 is 27.6 Å². The summed E-state index contributed by atoms with van der Waals surface area (Å²) in [6.07, 6.45) is 0.973. The quantitative estimate of drug-likeness (QED) is 0.651. The number of fused-ring (bicyclic) bond motifs is 1. The molecule has 0 aromatic rings. The third kappa shape index (κ3) is 2.26. The Bertz CT molecular complexity index is 700. The van der Waals surface area contributed by atoms with Crippen LogP contribution in [-0.2, 0) is 14.0 Å². The molecule has 27 heavy (non-hydrogen) atoms. The summed E-state index contributed by atoms with van der Waals surface area (Å²) in [5.74, 6) is -2.33. The molecule has 0 N–H and O–H groups in total. The van der Waals surface area contributed by atoms with Crippen molar-refractivity contribution in [1.29, 1.82) is 0 Å². The van der Waals surface area contributed by atoms with E-state index >= 15 is 0 Å². The summed E-state index contributed by atoms with van der Waals surface area (Å²) in [5.41, 5.74) is -0.783. The molecule has 0 aromatic carbocycles. The van der Waals surface area contributed by atoms with E-state index in [1.54, 1.807) is 20.8 Å². The molecule has 7 atom stereocenters. The number of carbonyl (C=O) groups is 1. The number of halogens is 2. The van der Waals surface area contributed by atoms with Gasteiger partial charge in [0.05, 0.1) is 18.1 Å². The predicted molar refractivity (Wildman–Crippen MR) is 94.2 cm³/mol. The van der Waals surface area contributed by atoms with Crippen LogP contribution in [0.4, 0.5) is 13.6 Å². The fourth-order valence-electron chi connectivity index (χ4n) is 7.03. The number of ether oxygens (including phenoxy) is 1. The summed E-state index contributed by atoms with van der Waals surface area (Å²) in [5, 5.41) is 0. The number of hydrogen-bond acceptors (Lipinski definition) is 4. The van der Waals surface area contributed by atoms with Crippen LogP contribution in [0.1, 0.15) is 53.9 Å². The number of nitrogens with zero attached hydrogens (tertiary/aromatic N) is 1. The van der Waals surface area contributed by atoms with Gasteiger partial charge in [-0.1, -0.05) is 6.92 Å². The summed E-state index contributed by atoms with van der Waals surface area (Å²) in [4.78, 5) is 13.7. The highest BCUT2D eigenvalue weighted by molar-refractivity contribution is 6.47. The van der Waals surface area contributed by atoms with Gasteiger partial charge in [0.25, 0.3) is 5.92 Å². The lowest BCUT2D eigenvalue weighted by Crippen LogP contribution is -2.78. The van der Waals surface area contributed by atoms with Crippen molar-refractivity contribution in [3.63, 3.8) is 0 Å². The van der Waals surface area contributed by atoms with Gasteiger partial charge in [0.1, 0.15) is 5.60 Å². The van der Waals surface area contributed by atoms with E-state index in [4.69, 9.17) is 14.0 Å². The lowest BCUT2D eigenvalue weighted by molar-refractivity contribution is -0.312. The van der Waals surface area contributed by atoms with Crippen molar-refractivity contribution in [3.05, 3.63) is 0 Å². The number of alkyl halides is 2. The van der Waals surface area contributed by atoms with Gasteiger partial charge < -0.3 is 18.9 Å². The van der Waals surface area contributed by atoms with E-state index < -0.39 is 43.6 Å². The molecule has 0 aromatic heterocycles. The first-order chi connectivity index (χ1) is 12.4. The Morgan fingerprint density at radius 1 is 1.26 bits per heavy atom. The number of likely N-dealkylation sites (tertiary alicyclic amines) is 1. The molecule has 1 amide bonds. The molecule has 8 heteroatoms. The van der Waals surface area contributed by atoms with Crippen LogP contribution in [0.25, 0.3) is 0 Å². The summed E-state index contributed by atoms with van der Waals surface area (Å²) < 4.78 is 46.4. The second-order valence-electron chi connectivity index (χ2n) is 10.6. The first-order valence-corrected chi connectivity index (χ1v) is 10.1. The molecule has 5 rings (SSSR count). The van der Waals surface area contributed by atoms with E-state index in [1.807, 2.05) is 0 Å². The number of rotatable bonds is 1. The minimum Gasteiger partial charge on any atom is -0.444 e. The Morgan fingerprint density at radius 3 is 2.63 bits per heavy atom. The average Bonchev–Trinajstić information content (AvgIpc) is 2.89. The lowest BCUT2D eigenvalue weighted by Gasteiger charge is -2.74. The SMILES string of the molecule is CC(C)(C)OC(=O)N1CC(F)(F)CC1B1OC2CC3CC4C3(C)C2[C@@]4(C)O1. The number of amides is 1. The predicted octanol–water partition coefficient (Wildman–Crippen LogP) is 3.51. The fraction of sp³-hybridized carbons (Fsp3) is 0.947. The summed E-state index contributed by atoms with van der Waals surface area (Å²) in [7, 11) is -0.818. The van der Waals surface area contributed by atoms with Crippen LogP contribution < -0.4 is 0 Å². The second-order valence-corrected chi connectivity index (χ2v) is 10.6. The van der Waals surface area contributed by atoms with Gasteiger partial charge >= 0.3 is 13.2 Å². The maximum atomic E-state index is 14.2. The molecule has 2 heterocycles. The first-order valence-electron chi connectivity index (χ1n) is 10.1. The van der Waals surface area contributed by atoms with Gasteiger partial charge in [-0.3, -0.25) is 0 Å². The first kappa shape index (κ1) is 18.2. The van der Waals surface area contributed by atoms with Crippen molar-refractivity contribution in [3.8, 4) is 0 Å². The standard InChI is InChI=1S/C19H28BF2NO4/c1-16(2,3)25-15(24)23-9-19(21,22)8-13(23)20-26-11-6-10-7-12-17(10,4)14(11)18(12,5)27-20/h10-14H,6-9H2,1-5H3/t10?,11?,12?,13?,14?,17?,18-/m0/s1. The van der Waals surface area contributed by atoms with Crippen LogP contribution in [0.5, 0.6) is 0 Å². The van der Waals surface area contributed by atoms with Crippen LogP contribution in [-0.4, -0.2) is 53.8 Å². The maximum Gasteiger partial charge on any atom is 0.482 e. The van der Waals surface area contributed by atoms with Crippen molar-refractivity contribution in [1.82, 2.24) is 4.90 Å². The van der Waals surface area contributed by atoms with Gasteiger partial charge in [-0.05, 0) is 57.8 Å². The Labute approximate surface area is 159 Å². The van der Waals surface area contributed by atoms with Gasteiger partial charge in [0, 0.05) is 18.4 Å². The van der Waals surface area contributed by atoms with Crippen LogP contribution in [0.3, 0.4) is 0 Å². The number of hydrogen-bond donors (Lipinski definition) is 0. The second kappa shape index (κ2) is 4.99. The van der Waals surface area contributed by atoms with E-state index in [0.29, 0.717) is 17.8 Å². The molecule has 2 aliphatic heterocycles. The molecule has 0 spiro atoms. The fourth-order valence-corrected chi connectivity index (χ4v) is 7.03. The molecular weight excluding hydrogens is 355 g/mol. The third-order valence-electron chi connectivity index (χ3n) is 7.95. The highest BCUT2D eigenvalue weighted by atomic mass is 19.3. The van der Waals surface area contributed by atoms with Crippen LogP contribution >= 0.6 is 0 Å². The maximum absolute atomic E-state index is 14.2. The van der Waals surface area contributed by atoms with Gasteiger partial charge in [-0.25, -0.2) is 13.6 Å². The molecule has 5 nitrogen and oxygen atoms in total. The van der Waals surface area contributed by atoms with Gasteiger partial charge in [-0.2, -0.15) is 0 Å². The largest absolute Gasteiger partial charge is 0.482 e. The Kier molecular flexibility index (Phi) is 3.36. The topological polar surface area (TPSA) is 48.0 Å². The lowest BCUT2D eigenvalue weighted by atomic mass is 9.34. The zero-order valence-electron chi connectivity index (χ0n) is 16.6. The van der Waals surface area contributed by atoms with Crippen LogP contribution in [0.2, 0.25) is 0 Å². The highest BCUT2D eigenvalue weighted by Gasteiger charge is 2.83. The van der Waals surface area contributed by atoms with Crippen LogP contribution in [0.15, 0.2) is 0 Å². The van der Waals surface area contributed by atoms with Crippen LogP contribution in [0, 0.1) is 23.2 Å². The summed E-state index contributed by atoms with van der Waals surface area (Å²) >= 11 is 0. The van der Waals surface area contributed by atoms with Crippen molar-refractivity contribution in [2.45, 2.75) is 83.1 Å². The van der Waals surface area contributed by atoms with Crippen molar-refractivity contribution >= 4 is 13.2 Å². The smallest absolute Gasteiger partial charge is 0.444 e. The molecule has 5 aliphatic rings. The van der Waals surface area contributed by atoms with E-state index in [9.17, 15) is 13.6 Å². The minimum absolute atomic E-state index is 0.0391. The molecule has 3 aliphatic carbocycles. The van der Waals surface area contributed by atoms with Gasteiger partial charge in [0.15, 0.2) is 0 Å². The highest BCUT2D eigenvalue weighted by Crippen LogP contribution is 2.80. The molecule has 0 bridgehead atoms. The summed E-state index contributed by atoms with van der Waals surface area (Å²) in [6, 6.07) is 0. The molecule has 5 fully saturated rings. The van der Waals surface area contributed by atoms with Crippen molar-refractivity contribution in [2.75, 3.05) is 6.54 Å².